The van der Waals surface area contributed by atoms with E-state index in [9.17, 15) is 4.79 Å². The molecule has 18 heavy (non-hydrogen) atoms. The van der Waals surface area contributed by atoms with Crippen molar-refractivity contribution in [2.24, 2.45) is 11.8 Å². The van der Waals surface area contributed by atoms with Gasteiger partial charge in [0.1, 0.15) is 0 Å². The number of nitrogens with zero attached hydrogens (tertiary/aromatic N) is 1. The highest BCUT2D eigenvalue weighted by Crippen LogP contribution is 2.21. The molecule has 2 unspecified atom stereocenters. The van der Waals surface area contributed by atoms with Crippen LogP contribution in [-0.2, 0) is 9.53 Å². The maximum Gasteiger partial charge on any atom is 0.225 e. The molecule has 2 aliphatic heterocycles. The first-order valence-corrected chi connectivity index (χ1v) is 7.23. The normalized spacial score (nSPS) is 30.1. The van der Waals surface area contributed by atoms with Gasteiger partial charge in [-0.2, -0.15) is 0 Å². The van der Waals surface area contributed by atoms with Crippen molar-refractivity contribution >= 4 is 5.91 Å². The van der Waals surface area contributed by atoms with E-state index in [-0.39, 0.29) is 5.92 Å². The van der Waals surface area contributed by atoms with E-state index in [0.717, 1.165) is 52.0 Å². The maximum atomic E-state index is 12.4. The molecule has 0 aromatic heterocycles. The van der Waals surface area contributed by atoms with Crippen LogP contribution in [0.25, 0.3) is 0 Å². The Hall–Kier alpha value is -0.610. The first kappa shape index (κ1) is 13.8. The van der Waals surface area contributed by atoms with Gasteiger partial charge in [0, 0.05) is 38.8 Å². The fourth-order valence-corrected chi connectivity index (χ4v) is 3.07. The molecule has 2 heterocycles. The molecule has 104 valence electrons. The Morgan fingerprint density at radius 1 is 1.33 bits per heavy atom. The van der Waals surface area contributed by atoms with Gasteiger partial charge in [-0.05, 0) is 45.1 Å². The van der Waals surface area contributed by atoms with E-state index in [1.807, 2.05) is 11.9 Å². The lowest BCUT2D eigenvalue weighted by molar-refractivity contribution is -0.136. The van der Waals surface area contributed by atoms with Crippen LogP contribution in [-0.4, -0.2) is 50.2 Å². The summed E-state index contributed by atoms with van der Waals surface area (Å²) in [7, 11) is 1.96. The molecule has 0 saturated carbocycles. The van der Waals surface area contributed by atoms with Gasteiger partial charge in [-0.3, -0.25) is 4.79 Å². The molecular weight excluding hydrogens is 228 g/mol. The summed E-state index contributed by atoms with van der Waals surface area (Å²) < 4.78 is 5.36. The van der Waals surface area contributed by atoms with Crippen LogP contribution in [0.1, 0.15) is 32.6 Å². The van der Waals surface area contributed by atoms with E-state index < -0.39 is 0 Å². The lowest BCUT2D eigenvalue weighted by Crippen LogP contribution is -2.44. The molecule has 2 fully saturated rings. The van der Waals surface area contributed by atoms with Crippen LogP contribution in [0.5, 0.6) is 0 Å². The van der Waals surface area contributed by atoms with Crippen LogP contribution in [0.4, 0.5) is 0 Å². The second-order valence-corrected chi connectivity index (χ2v) is 5.85. The Bertz CT molecular complexity index is 277. The van der Waals surface area contributed by atoms with E-state index in [0.29, 0.717) is 17.9 Å². The van der Waals surface area contributed by atoms with Crippen molar-refractivity contribution in [3.8, 4) is 0 Å². The van der Waals surface area contributed by atoms with E-state index in [2.05, 4.69) is 12.2 Å². The molecule has 1 amide bonds. The number of hydrogen-bond acceptors (Lipinski definition) is 3. The zero-order chi connectivity index (χ0) is 13.0. The van der Waals surface area contributed by atoms with Gasteiger partial charge in [0.05, 0.1) is 0 Å². The molecular formula is C14H26N2O2. The molecule has 2 aliphatic rings. The number of carbonyl (C=O) groups excluding carboxylic acids is 1. The largest absolute Gasteiger partial charge is 0.381 e. The number of piperidine rings is 1. The van der Waals surface area contributed by atoms with Gasteiger partial charge in [0.2, 0.25) is 5.91 Å². The second kappa shape index (κ2) is 6.53. The van der Waals surface area contributed by atoms with Crippen molar-refractivity contribution in [1.29, 1.82) is 0 Å². The standard InChI is InChI=1S/C14H26N2O2/c1-11-9-13(3-6-15-11)14(17)16(2)10-12-4-7-18-8-5-12/h11-13,15H,3-10H2,1-2H3. The minimum Gasteiger partial charge on any atom is -0.381 e. The summed E-state index contributed by atoms with van der Waals surface area (Å²) in [5, 5.41) is 3.40. The Labute approximate surface area is 110 Å². The SMILES string of the molecule is CC1CC(C(=O)N(C)CC2CCOCC2)CCN1. The molecule has 2 rings (SSSR count). The number of rotatable bonds is 3. The summed E-state index contributed by atoms with van der Waals surface area (Å²) in [5.74, 6) is 1.20. The predicted octanol–water partition coefficient (Wildman–Crippen LogP) is 1.26. The average molecular weight is 254 g/mol. The summed E-state index contributed by atoms with van der Waals surface area (Å²) in [4.78, 5) is 14.3. The van der Waals surface area contributed by atoms with Crippen LogP contribution >= 0.6 is 0 Å². The number of nitrogens with one attached hydrogen (secondary N) is 1. The van der Waals surface area contributed by atoms with Gasteiger partial charge < -0.3 is 15.0 Å². The zero-order valence-electron chi connectivity index (χ0n) is 11.7. The molecule has 0 spiro atoms. The highest BCUT2D eigenvalue weighted by molar-refractivity contribution is 5.78. The van der Waals surface area contributed by atoms with Crippen LogP contribution in [0.2, 0.25) is 0 Å². The van der Waals surface area contributed by atoms with Gasteiger partial charge in [0.25, 0.3) is 0 Å². The number of ether oxygens (including phenoxy) is 1. The van der Waals surface area contributed by atoms with Gasteiger partial charge in [-0.25, -0.2) is 0 Å². The van der Waals surface area contributed by atoms with Gasteiger partial charge >= 0.3 is 0 Å². The smallest absolute Gasteiger partial charge is 0.225 e. The predicted molar refractivity (Wildman–Crippen MR) is 71.4 cm³/mol. The summed E-state index contributed by atoms with van der Waals surface area (Å²) in [6, 6.07) is 0.476. The number of amides is 1. The van der Waals surface area contributed by atoms with E-state index in [1.165, 1.54) is 0 Å². The fraction of sp³-hybridized carbons (Fsp3) is 0.929. The Morgan fingerprint density at radius 2 is 2.06 bits per heavy atom. The van der Waals surface area contributed by atoms with Crippen LogP contribution in [0, 0.1) is 11.8 Å². The molecule has 0 aromatic carbocycles. The third-order valence-corrected chi connectivity index (χ3v) is 4.22. The third kappa shape index (κ3) is 3.69. The van der Waals surface area contributed by atoms with Gasteiger partial charge in [-0.15, -0.1) is 0 Å². The molecule has 4 nitrogen and oxygen atoms in total. The van der Waals surface area contributed by atoms with Crippen LogP contribution < -0.4 is 5.32 Å². The molecule has 0 aromatic rings. The first-order valence-electron chi connectivity index (χ1n) is 7.23. The lowest BCUT2D eigenvalue weighted by Gasteiger charge is -2.32. The molecule has 0 bridgehead atoms. The molecule has 0 aliphatic carbocycles. The summed E-state index contributed by atoms with van der Waals surface area (Å²) >= 11 is 0. The highest BCUT2D eigenvalue weighted by atomic mass is 16.5. The number of hydrogen-bond donors (Lipinski definition) is 1. The quantitative estimate of drug-likeness (QED) is 0.824. The molecule has 2 atom stereocenters. The summed E-state index contributed by atoms with van der Waals surface area (Å²) in [6.45, 7) is 5.76. The van der Waals surface area contributed by atoms with Crippen LogP contribution in [0.3, 0.4) is 0 Å². The summed E-state index contributed by atoms with van der Waals surface area (Å²) in [5.41, 5.74) is 0. The van der Waals surface area contributed by atoms with E-state index in [1.54, 1.807) is 0 Å². The second-order valence-electron chi connectivity index (χ2n) is 5.85. The molecule has 0 radical (unpaired) electrons. The minimum atomic E-state index is 0.228. The Morgan fingerprint density at radius 3 is 2.72 bits per heavy atom. The van der Waals surface area contributed by atoms with Crippen molar-refractivity contribution in [2.75, 3.05) is 33.4 Å². The topological polar surface area (TPSA) is 41.6 Å². The number of carbonyl (C=O) groups is 1. The average Bonchev–Trinajstić information content (AvgIpc) is 2.39. The summed E-state index contributed by atoms with van der Waals surface area (Å²) in [6.07, 6.45) is 4.17. The van der Waals surface area contributed by atoms with Crippen molar-refractivity contribution in [3.05, 3.63) is 0 Å². The zero-order valence-corrected chi connectivity index (χ0v) is 11.7. The molecule has 1 N–H and O–H groups in total. The van der Waals surface area contributed by atoms with Gasteiger partial charge in [-0.1, -0.05) is 0 Å². The van der Waals surface area contributed by atoms with Crippen LogP contribution in [0.15, 0.2) is 0 Å². The first-order chi connectivity index (χ1) is 8.66. The molecule has 2 saturated heterocycles. The van der Waals surface area contributed by atoms with Gasteiger partial charge in [0.15, 0.2) is 0 Å². The Kier molecular flexibility index (Phi) is 5.01. The Balaban J connectivity index is 1.79. The molecule has 4 heteroatoms. The van der Waals surface area contributed by atoms with Crippen molar-refractivity contribution in [3.63, 3.8) is 0 Å². The maximum absolute atomic E-state index is 12.4. The fourth-order valence-electron chi connectivity index (χ4n) is 3.07. The lowest BCUT2D eigenvalue weighted by atomic mass is 9.91. The third-order valence-electron chi connectivity index (χ3n) is 4.22. The van der Waals surface area contributed by atoms with E-state index >= 15 is 0 Å². The van der Waals surface area contributed by atoms with Crippen molar-refractivity contribution < 1.29 is 9.53 Å². The van der Waals surface area contributed by atoms with Crippen molar-refractivity contribution in [1.82, 2.24) is 10.2 Å². The van der Waals surface area contributed by atoms with Crippen molar-refractivity contribution in [2.45, 2.75) is 38.6 Å². The minimum absolute atomic E-state index is 0.228. The monoisotopic (exact) mass is 254 g/mol. The highest BCUT2D eigenvalue weighted by Gasteiger charge is 2.28. The van der Waals surface area contributed by atoms with E-state index in [4.69, 9.17) is 4.74 Å².